The molecule has 6 nitrogen and oxygen atoms in total. The van der Waals surface area contributed by atoms with Crippen molar-refractivity contribution in [3.63, 3.8) is 0 Å². The zero-order chi connectivity index (χ0) is 14.5. The van der Waals surface area contributed by atoms with Gasteiger partial charge in [0.15, 0.2) is 0 Å². The normalized spacial score (nSPS) is 11.7. The first-order valence-electron chi connectivity index (χ1n) is 5.83. The Labute approximate surface area is 112 Å². The summed E-state index contributed by atoms with van der Waals surface area (Å²) in [5.74, 6) is -0.870. The van der Waals surface area contributed by atoms with Gasteiger partial charge in [-0.15, -0.1) is 0 Å². The van der Waals surface area contributed by atoms with E-state index in [1.807, 2.05) is 11.8 Å². The molecule has 2 N–H and O–H groups in total. The Hall–Kier alpha value is -1.44. The number of hydrogen-bond acceptors (Lipinski definition) is 4. The first kappa shape index (κ1) is 15.6. The van der Waals surface area contributed by atoms with Gasteiger partial charge < -0.3 is 5.11 Å². The van der Waals surface area contributed by atoms with Crippen LogP contribution in [0.15, 0.2) is 29.2 Å². The molecule has 0 bridgehead atoms. The average molecular weight is 287 g/mol. The first-order valence-corrected chi connectivity index (χ1v) is 7.27. The van der Waals surface area contributed by atoms with Crippen LogP contribution in [0.4, 0.5) is 0 Å². The van der Waals surface area contributed by atoms with E-state index in [1.54, 1.807) is 12.1 Å². The molecule has 0 radical (unpaired) electrons. The lowest BCUT2D eigenvalue weighted by Gasteiger charge is -2.19. The Bertz CT molecular complexity index is 541. The third-order valence-electron chi connectivity index (χ3n) is 2.69. The molecule has 7 heteroatoms. The van der Waals surface area contributed by atoms with Crippen molar-refractivity contribution in [2.75, 3.05) is 13.1 Å². The summed E-state index contributed by atoms with van der Waals surface area (Å²) in [7, 11) is -4.21. The minimum absolute atomic E-state index is 0.0336. The van der Waals surface area contributed by atoms with Gasteiger partial charge in [-0.1, -0.05) is 19.1 Å². The highest BCUT2D eigenvalue weighted by Gasteiger charge is 2.11. The Balaban J connectivity index is 2.77. The first-order chi connectivity index (χ1) is 8.82. The van der Waals surface area contributed by atoms with Crippen molar-refractivity contribution in [2.45, 2.75) is 24.8 Å². The van der Waals surface area contributed by atoms with Crippen LogP contribution in [0.25, 0.3) is 0 Å². The molecule has 19 heavy (non-hydrogen) atoms. The summed E-state index contributed by atoms with van der Waals surface area (Å²) in [6.45, 7) is 3.38. The molecule has 1 rings (SSSR count). The quantitative estimate of drug-likeness (QED) is 0.732. The molecule has 0 aromatic heterocycles. The van der Waals surface area contributed by atoms with Gasteiger partial charge in [-0.25, -0.2) is 0 Å². The van der Waals surface area contributed by atoms with Crippen molar-refractivity contribution in [2.24, 2.45) is 0 Å². The van der Waals surface area contributed by atoms with Gasteiger partial charge >= 0.3 is 5.97 Å². The molecule has 1 aromatic carbocycles. The fourth-order valence-electron chi connectivity index (χ4n) is 1.67. The Morgan fingerprint density at radius 3 is 2.58 bits per heavy atom. The summed E-state index contributed by atoms with van der Waals surface area (Å²) in [5, 5.41) is 8.64. The van der Waals surface area contributed by atoms with Gasteiger partial charge in [0.2, 0.25) is 0 Å². The highest BCUT2D eigenvalue weighted by molar-refractivity contribution is 7.85. The SMILES string of the molecule is CCN(CCC(=O)O)Cc1cccc(S(=O)(=O)O)c1. The predicted molar refractivity (Wildman–Crippen MR) is 69.5 cm³/mol. The Kier molecular flexibility index (Phi) is 5.46. The van der Waals surface area contributed by atoms with E-state index in [-0.39, 0.29) is 11.3 Å². The number of hydrogen-bond donors (Lipinski definition) is 2. The number of nitrogens with zero attached hydrogens (tertiary/aromatic N) is 1. The second kappa shape index (κ2) is 6.65. The maximum Gasteiger partial charge on any atom is 0.304 e. The molecular weight excluding hydrogens is 270 g/mol. The van der Waals surface area contributed by atoms with Gasteiger partial charge in [-0.3, -0.25) is 14.2 Å². The van der Waals surface area contributed by atoms with Crippen LogP contribution in [0.1, 0.15) is 18.9 Å². The number of rotatable bonds is 7. The van der Waals surface area contributed by atoms with E-state index in [9.17, 15) is 13.2 Å². The van der Waals surface area contributed by atoms with E-state index in [1.165, 1.54) is 12.1 Å². The number of aliphatic carboxylic acids is 1. The Morgan fingerprint density at radius 1 is 1.37 bits per heavy atom. The number of carboxylic acids is 1. The van der Waals surface area contributed by atoms with E-state index >= 15 is 0 Å². The molecule has 106 valence electrons. The lowest BCUT2D eigenvalue weighted by molar-refractivity contribution is -0.137. The highest BCUT2D eigenvalue weighted by Crippen LogP contribution is 2.13. The molecule has 0 saturated carbocycles. The number of carbonyl (C=O) groups is 1. The van der Waals surface area contributed by atoms with Crippen molar-refractivity contribution in [1.82, 2.24) is 4.90 Å². The molecule has 0 fully saturated rings. The van der Waals surface area contributed by atoms with Crippen LogP contribution in [-0.4, -0.2) is 42.0 Å². The van der Waals surface area contributed by atoms with E-state index in [4.69, 9.17) is 9.66 Å². The van der Waals surface area contributed by atoms with Crippen molar-refractivity contribution in [3.05, 3.63) is 29.8 Å². The van der Waals surface area contributed by atoms with Crippen LogP contribution in [0.2, 0.25) is 0 Å². The van der Waals surface area contributed by atoms with E-state index in [0.29, 0.717) is 25.2 Å². The summed E-state index contributed by atoms with van der Waals surface area (Å²) in [5.41, 5.74) is 0.711. The number of carboxylic acid groups (broad SMARTS) is 1. The minimum Gasteiger partial charge on any atom is -0.481 e. The van der Waals surface area contributed by atoms with Gasteiger partial charge in [0.05, 0.1) is 11.3 Å². The van der Waals surface area contributed by atoms with Crippen LogP contribution in [-0.2, 0) is 21.5 Å². The van der Waals surface area contributed by atoms with Crippen molar-refractivity contribution in [3.8, 4) is 0 Å². The van der Waals surface area contributed by atoms with Gasteiger partial charge in [-0.05, 0) is 24.2 Å². The third-order valence-corrected chi connectivity index (χ3v) is 3.54. The molecule has 0 aliphatic heterocycles. The largest absolute Gasteiger partial charge is 0.481 e. The smallest absolute Gasteiger partial charge is 0.304 e. The summed E-state index contributed by atoms with van der Waals surface area (Å²) in [4.78, 5) is 12.3. The summed E-state index contributed by atoms with van der Waals surface area (Å²) in [6.07, 6.45) is 0.0336. The molecule has 0 aliphatic rings. The molecule has 1 aromatic rings. The zero-order valence-electron chi connectivity index (χ0n) is 10.6. The fraction of sp³-hybridized carbons (Fsp3) is 0.417. The summed E-state index contributed by atoms with van der Waals surface area (Å²) >= 11 is 0. The van der Waals surface area contributed by atoms with E-state index in [2.05, 4.69) is 0 Å². The topological polar surface area (TPSA) is 94.9 Å². The average Bonchev–Trinajstić information content (AvgIpc) is 2.33. The molecule has 0 heterocycles. The lowest BCUT2D eigenvalue weighted by Crippen LogP contribution is -2.25. The van der Waals surface area contributed by atoms with Crippen LogP contribution < -0.4 is 0 Å². The molecule has 0 saturated heterocycles. The van der Waals surface area contributed by atoms with E-state index < -0.39 is 16.1 Å². The van der Waals surface area contributed by atoms with Crippen molar-refractivity contribution in [1.29, 1.82) is 0 Å². The standard InChI is InChI=1S/C12H17NO5S/c1-2-13(7-6-12(14)15)9-10-4-3-5-11(8-10)19(16,17)18/h3-5,8H,2,6-7,9H2,1H3,(H,14,15)(H,16,17,18). The van der Waals surface area contributed by atoms with Crippen molar-refractivity contribution >= 4 is 16.1 Å². The van der Waals surface area contributed by atoms with Crippen LogP contribution in [0, 0.1) is 0 Å². The van der Waals surface area contributed by atoms with Gasteiger partial charge in [0, 0.05) is 13.1 Å². The Morgan fingerprint density at radius 2 is 2.05 bits per heavy atom. The maximum absolute atomic E-state index is 11.0. The number of benzene rings is 1. The van der Waals surface area contributed by atoms with Gasteiger partial charge in [0.25, 0.3) is 10.1 Å². The van der Waals surface area contributed by atoms with Gasteiger partial charge in [0.1, 0.15) is 0 Å². The van der Waals surface area contributed by atoms with Crippen LogP contribution in [0.5, 0.6) is 0 Å². The lowest BCUT2D eigenvalue weighted by atomic mass is 10.2. The molecule has 0 unspecified atom stereocenters. The fourth-order valence-corrected chi connectivity index (χ4v) is 2.22. The molecule has 0 spiro atoms. The molecule has 0 aliphatic carbocycles. The molecule has 0 amide bonds. The zero-order valence-corrected chi connectivity index (χ0v) is 11.4. The second-order valence-electron chi connectivity index (χ2n) is 4.13. The third kappa shape index (κ3) is 5.37. The van der Waals surface area contributed by atoms with E-state index in [0.717, 1.165) is 0 Å². The molecule has 0 atom stereocenters. The second-order valence-corrected chi connectivity index (χ2v) is 5.56. The molecular formula is C12H17NO5S. The summed E-state index contributed by atoms with van der Waals surface area (Å²) in [6, 6.07) is 5.98. The minimum atomic E-state index is -4.21. The summed E-state index contributed by atoms with van der Waals surface area (Å²) < 4.78 is 31.0. The van der Waals surface area contributed by atoms with Crippen LogP contribution >= 0.6 is 0 Å². The highest BCUT2D eigenvalue weighted by atomic mass is 32.2. The predicted octanol–water partition coefficient (Wildman–Crippen LogP) is 1.23. The van der Waals surface area contributed by atoms with Crippen LogP contribution in [0.3, 0.4) is 0 Å². The maximum atomic E-state index is 11.0. The van der Waals surface area contributed by atoms with Crippen molar-refractivity contribution < 1.29 is 22.9 Å². The monoisotopic (exact) mass is 287 g/mol. The van der Waals surface area contributed by atoms with Gasteiger partial charge in [-0.2, -0.15) is 8.42 Å².